The highest BCUT2D eigenvalue weighted by Crippen LogP contribution is 2.39. The van der Waals surface area contributed by atoms with Gasteiger partial charge in [0.2, 0.25) is 0 Å². The third kappa shape index (κ3) is 4.21. The largest absolute Gasteiger partial charge is 0.394 e. The molecule has 4 rings (SSSR count). The van der Waals surface area contributed by atoms with Crippen LogP contribution in [-0.4, -0.2) is 51.4 Å². The Labute approximate surface area is 190 Å². The fraction of sp³-hybridized carbons (Fsp3) is 0.320. The van der Waals surface area contributed by atoms with Gasteiger partial charge in [-0.05, 0) is 52.8 Å². The van der Waals surface area contributed by atoms with E-state index in [1.54, 1.807) is 17.4 Å². The monoisotopic (exact) mass is 451 g/mol. The number of nitriles is 1. The standard InChI is InChI=1S/C25H25NO5S/c1-14-7-8-17(25-24(30)23(29)22(28)19(13-27)31-25)11-18(14)21(20-6-3-9-32-20)16-5-2-4-15(10-16)12-26/h2-11,19,21-25,27-30H,13H2,1H3/t19-,21+,22-,23+,24-,25+/m1/s1. The number of aryl methyl sites for hydroxylation is 1. The van der Waals surface area contributed by atoms with Crippen LogP contribution in [-0.2, 0) is 4.74 Å². The number of hydrogen-bond donors (Lipinski definition) is 4. The van der Waals surface area contributed by atoms with Crippen LogP contribution in [0.3, 0.4) is 0 Å². The predicted octanol–water partition coefficient (Wildman–Crippen LogP) is 2.62. The lowest BCUT2D eigenvalue weighted by Crippen LogP contribution is -2.55. The van der Waals surface area contributed by atoms with Crippen LogP contribution < -0.4 is 0 Å². The van der Waals surface area contributed by atoms with Gasteiger partial charge in [-0.3, -0.25) is 0 Å². The Morgan fingerprint density at radius 1 is 1.03 bits per heavy atom. The SMILES string of the molecule is Cc1ccc([C@@H]2O[C@H](CO)[C@@H](O)[C@H](O)[C@H]2O)cc1[C@H](c1cccc(C#N)c1)c1cccs1. The van der Waals surface area contributed by atoms with Gasteiger partial charge in [0, 0.05) is 10.8 Å². The number of rotatable bonds is 5. The molecule has 166 valence electrons. The highest BCUT2D eigenvalue weighted by molar-refractivity contribution is 7.10. The third-order valence-electron chi connectivity index (χ3n) is 6.01. The number of aliphatic hydroxyl groups is 4. The number of benzene rings is 2. The molecule has 0 bridgehead atoms. The molecule has 0 unspecified atom stereocenters. The number of aliphatic hydroxyl groups excluding tert-OH is 4. The molecule has 1 aromatic heterocycles. The fourth-order valence-electron chi connectivity index (χ4n) is 4.26. The van der Waals surface area contributed by atoms with E-state index in [0.717, 1.165) is 21.6 Å². The quantitative estimate of drug-likeness (QED) is 0.474. The average Bonchev–Trinajstić information content (AvgIpc) is 3.34. The van der Waals surface area contributed by atoms with Gasteiger partial charge in [0.05, 0.1) is 18.2 Å². The van der Waals surface area contributed by atoms with Crippen molar-refractivity contribution in [1.82, 2.24) is 0 Å². The molecule has 2 heterocycles. The van der Waals surface area contributed by atoms with Crippen LogP contribution in [0.1, 0.15) is 44.7 Å². The lowest BCUT2D eigenvalue weighted by atomic mass is 9.83. The summed E-state index contributed by atoms with van der Waals surface area (Å²) in [6.45, 7) is 1.53. The molecule has 1 aliphatic heterocycles. The maximum Gasteiger partial charge on any atom is 0.113 e. The summed E-state index contributed by atoms with van der Waals surface area (Å²) in [5.41, 5.74) is 4.20. The van der Waals surface area contributed by atoms with Crippen molar-refractivity contribution in [1.29, 1.82) is 5.26 Å². The molecule has 0 aliphatic carbocycles. The molecular weight excluding hydrogens is 426 g/mol. The van der Waals surface area contributed by atoms with Gasteiger partial charge in [-0.25, -0.2) is 0 Å². The van der Waals surface area contributed by atoms with E-state index >= 15 is 0 Å². The second kappa shape index (κ2) is 9.51. The zero-order valence-corrected chi connectivity index (χ0v) is 18.3. The summed E-state index contributed by atoms with van der Waals surface area (Å²) >= 11 is 1.62. The van der Waals surface area contributed by atoms with Crippen LogP contribution in [0, 0.1) is 18.3 Å². The summed E-state index contributed by atoms with van der Waals surface area (Å²) in [4.78, 5) is 1.11. The molecule has 1 aliphatic rings. The van der Waals surface area contributed by atoms with Crippen molar-refractivity contribution in [2.45, 2.75) is 43.4 Å². The van der Waals surface area contributed by atoms with Crippen LogP contribution in [0.2, 0.25) is 0 Å². The number of ether oxygens (including phenoxy) is 1. The Morgan fingerprint density at radius 2 is 1.84 bits per heavy atom. The normalized spacial score (nSPS) is 26.4. The summed E-state index contributed by atoms with van der Waals surface area (Å²) in [6.07, 6.45) is -6.05. The summed E-state index contributed by atoms with van der Waals surface area (Å²) < 4.78 is 5.77. The molecule has 0 radical (unpaired) electrons. The van der Waals surface area contributed by atoms with Crippen LogP contribution in [0.15, 0.2) is 60.0 Å². The van der Waals surface area contributed by atoms with Crippen LogP contribution in [0.5, 0.6) is 0 Å². The minimum atomic E-state index is -1.43. The first-order chi connectivity index (χ1) is 15.4. The molecule has 4 N–H and O–H groups in total. The topological polar surface area (TPSA) is 114 Å². The van der Waals surface area contributed by atoms with Gasteiger partial charge in [-0.2, -0.15) is 5.26 Å². The Morgan fingerprint density at radius 3 is 2.53 bits per heavy atom. The Hall–Kier alpha value is -2.57. The Bertz CT molecular complexity index is 1110. The van der Waals surface area contributed by atoms with Crippen molar-refractivity contribution in [2.75, 3.05) is 6.61 Å². The summed E-state index contributed by atoms with van der Waals surface area (Å²) in [7, 11) is 0. The maximum atomic E-state index is 10.6. The van der Waals surface area contributed by atoms with E-state index in [1.807, 2.05) is 60.8 Å². The van der Waals surface area contributed by atoms with Gasteiger partial charge >= 0.3 is 0 Å². The summed E-state index contributed by atoms with van der Waals surface area (Å²) in [5.74, 6) is -0.131. The molecular formula is C25H25NO5S. The zero-order chi connectivity index (χ0) is 22.8. The van der Waals surface area contributed by atoms with E-state index in [-0.39, 0.29) is 5.92 Å². The highest BCUT2D eigenvalue weighted by Gasteiger charge is 2.44. The predicted molar refractivity (Wildman–Crippen MR) is 120 cm³/mol. The Kier molecular flexibility index (Phi) is 6.72. The molecule has 1 fully saturated rings. The van der Waals surface area contributed by atoms with Crippen molar-refractivity contribution in [2.24, 2.45) is 0 Å². The van der Waals surface area contributed by atoms with E-state index in [0.29, 0.717) is 11.1 Å². The zero-order valence-electron chi connectivity index (χ0n) is 17.5. The van der Waals surface area contributed by atoms with Gasteiger partial charge in [-0.1, -0.05) is 36.4 Å². The average molecular weight is 452 g/mol. The number of hydrogen-bond acceptors (Lipinski definition) is 7. The molecule has 0 amide bonds. The highest BCUT2D eigenvalue weighted by atomic mass is 32.1. The minimum Gasteiger partial charge on any atom is -0.394 e. The molecule has 6 nitrogen and oxygen atoms in total. The van der Waals surface area contributed by atoms with Gasteiger partial charge in [0.25, 0.3) is 0 Å². The molecule has 6 atom stereocenters. The maximum absolute atomic E-state index is 10.6. The van der Waals surface area contributed by atoms with Crippen molar-refractivity contribution in [3.63, 3.8) is 0 Å². The first-order valence-electron chi connectivity index (χ1n) is 10.4. The Balaban J connectivity index is 1.80. The molecule has 0 saturated carbocycles. The molecule has 3 aromatic rings. The number of nitrogens with zero attached hydrogens (tertiary/aromatic N) is 1. The van der Waals surface area contributed by atoms with Gasteiger partial charge in [0.15, 0.2) is 0 Å². The first-order valence-corrected chi connectivity index (χ1v) is 11.3. The lowest BCUT2D eigenvalue weighted by molar-refractivity contribution is -0.231. The van der Waals surface area contributed by atoms with E-state index in [9.17, 15) is 25.7 Å². The second-order valence-electron chi connectivity index (χ2n) is 8.05. The van der Waals surface area contributed by atoms with Crippen molar-refractivity contribution >= 4 is 11.3 Å². The fourth-order valence-corrected chi connectivity index (χ4v) is 5.13. The van der Waals surface area contributed by atoms with E-state index in [1.165, 1.54) is 0 Å². The van der Waals surface area contributed by atoms with Crippen molar-refractivity contribution in [3.05, 3.63) is 92.7 Å². The third-order valence-corrected chi connectivity index (χ3v) is 6.95. The smallest absolute Gasteiger partial charge is 0.113 e. The molecule has 1 saturated heterocycles. The van der Waals surface area contributed by atoms with E-state index in [2.05, 4.69) is 6.07 Å². The van der Waals surface area contributed by atoms with Crippen molar-refractivity contribution in [3.8, 4) is 6.07 Å². The van der Waals surface area contributed by atoms with Gasteiger partial charge < -0.3 is 25.2 Å². The molecule has 2 aromatic carbocycles. The molecule has 32 heavy (non-hydrogen) atoms. The first kappa shape index (κ1) is 22.6. The van der Waals surface area contributed by atoms with E-state index in [4.69, 9.17) is 4.74 Å². The lowest BCUT2D eigenvalue weighted by Gasteiger charge is -2.40. The minimum absolute atomic E-state index is 0.131. The second-order valence-corrected chi connectivity index (χ2v) is 9.03. The number of thiophene rings is 1. The van der Waals surface area contributed by atoms with Crippen LogP contribution in [0.25, 0.3) is 0 Å². The van der Waals surface area contributed by atoms with Gasteiger partial charge in [0.1, 0.15) is 30.5 Å². The van der Waals surface area contributed by atoms with Crippen LogP contribution >= 0.6 is 11.3 Å². The van der Waals surface area contributed by atoms with E-state index < -0.39 is 37.1 Å². The van der Waals surface area contributed by atoms with Crippen LogP contribution in [0.4, 0.5) is 0 Å². The molecule has 7 heteroatoms. The summed E-state index contributed by atoms with van der Waals surface area (Å²) in [5, 5.41) is 51.9. The molecule has 0 spiro atoms. The summed E-state index contributed by atoms with van der Waals surface area (Å²) in [6, 6.07) is 19.4. The van der Waals surface area contributed by atoms with Crippen molar-refractivity contribution < 1.29 is 25.2 Å². The van der Waals surface area contributed by atoms with Gasteiger partial charge in [-0.15, -0.1) is 11.3 Å².